The molecule has 2 aromatic heterocycles. The van der Waals surface area contributed by atoms with E-state index in [-0.39, 0.29) is 17.4 Å². The van der Waals surface area contributed by atoms with Crippen LogP contribution in [-0.4, -0.2) is 71.4 Å². The Hall–Kier alpha value is -2.22. The molecule has 146 valence electrons. The number of likely N-dealkylation sites (N-methyl/N-ethyl adjacent to an activating group) is 1. The molecular weight excluding hydrogens is 344 g/mol. The van der Waals surface area contributed by atoms with Gasteiger partial charge in [0, 0.05) is 51.7 Å². The standard InChI is InChI=1S/C20H28N4O3/c1-15-14-17(25)18(20(26)24(15)12-13-27-3)19(16-6-4-5-7-21-16)23-10-8-22(2)9-11-23/h4-7,14,19,25H,8-13H2,1-3H3/t19-/m0/s1. The quantitative estimate of drug-likeness (QED) is 0.823. The summed E-state index contributed by atoms with van der Waals surface area (Å²) in [5.41, 5.74) is 1.70. The lowest BCUT2D eigenvalue weighted by atomic mass is 10.00. The van der Waals surface area contributed by atoms with Crippen molar-refractivity contribution < 1.29 is 9.84 Å². The maximum atomic E-state index is 13.3. The van der Waals surface area contributed by atoms with Crippen LogP contribution in [0.1, 0.15) is 23.0 Å². The van der Waals surface area contributed by atoms with E-state index in [1.165, 1.54) is 0 Å². The lowest BCUT2D eigenvalue weighted by Crippen LogP contribution is -2.47. The van der Waals surface area contributed by atoms with E-state index in [1.807, 2.05) is 25.1 Å². The third kappa shape index (κ3) is 4.21. The van der Waals surface area contributed by atoms with E-state index >= 15 is 0 Å². The maximum absolute atomic E-state index is 13.3. The van der Waals surface area contributed by atoms with Gasteiger partial charge in [0.1, 0.15) is 5.75 Å². The number of aromatic hydroxyl groups is 1. The van der Waals surface area contributed by atoms with Crippen LogP contribution in [0.2, 0.25) is 0 Å². The summed E-state index contributed by atoms with van der Waals surface area (Å²) in [5.74, 6) is 0.0285. The molecule has 0 amide bonds. The van der Waals surface area contributed by atoms with Gasteiger partial charge in [0.2, 0.25) is 0 Å². The van der Waals surface area contributed by atoms with Crippen LogP contribution >= 0.6 is 0 Å². The zero-order chi connectivity index (χ0) is 19.4. The van der Waals surface area contributed by atoms with E-state index in [4.69, 9.17) is 4.74 Å². The highest BCUT2D eigenvalue weighted by Crippen LogP contribution is 2.32. The first-order valence-corrected chi connectivity index (χ1v) is 9.28. The smallest absolute Gasteiger partial charge is 0.259 e. The van der Waals surface area contributed by atoms with Gasteiger partial charge in [0.05, 0.1) is 23.9 Å². The molecule has 1 saturated heterocycles. The minimum Gasteiger partial charge on any atom is -0.507 e. The van der Waals surface area contributed by atoms with Crippen LogP contribution in [-0.2, 0) is 11.3 Å². The molecule has 1 atom stereocenters. The van der Waals surface area contributed by atoms with Crippen LogP contribution in [0.5, 0.6) is 5.75 Å². The molecule has 3 heterocycles. The van der Waals surface area contributed by atoms with Gasteiger partial charge in [-0.3, -0.25) is 14.7 Å². The molecule has 0 radical (unpaired) electrons. The molecule has 7 heteroatoms. The van der Waals surface area contributed by atoms with E-state index in [0.717, 1.165) is 37.6 Å². The summed E-state index contributed by atoms with van der Waals surface area (Å²) in [7, 11) is 3.71. The van der Waals surface area contributed by atoms with Gasteiger partial charge in [-0.25, -0.2) is 0 Å². The number of hydrogen-bond acceptors (Lipinski definition) is 6. The second-order valence-corrected chi connectivity index (χ2v) is 7.03. The fourth-order valence-electron chi connectivity index (χ4n) is 3.62. The second kappa shape index (κ2) is 8.65. The lowest BCUT2D eigenvalue weighted by Gasteiger charge is -2.38. The maximum Gasteiger partial charge on any atom is 0.259 e. The number of piperazine rings is 1. The van der Waals surface area contributed by atoms with Crippen molar-refractivity contribution in [3.63, 3.8) is 0 Å². The summed E-state index contributed by atoms with van der Waals surface area (Å²) < 4.78 is 6.82. The first kappa shape index (κ1) is 19.5. The van der Waals surface area contributed by atoms with Gasteiger partial charge in [-0.15, -0.1) is 0 Å². The number of methoxy groups -OCH3 is 1. The topological polar surface area (TPSA) is 70.8 Å². The summed E-state index contributed by atoms with van der Waals surface area (Å²) in [4.78, 5) is 22.3. The predicted octanol–water partition coefficient (Wildman–Crippen LogP) is 1.24. The molecule has 0 saturated carbocycles. The number of rotatable bonds is 6. The Labute approximate surface area is 159 Å². The summed E-state index contributed by atoms with van der Waals surface area (Å²) in [6, 6.07) is 6.98. The van der Waals surface area contributed by atoms with Crippen molar-refractivity contribution in [2.24, 2.45) is 0 Å². The Morgan fingerprint density at radius 2 is 2.00 bits per heavy atom. The number of aryl methyl sites for hydroxylation is 1. The Morgan fingerprint density at radius 1 is 1.26 bits per heavy atom. The number of aromatic nitrogens is 2. The van der Waals surface area contributed by atoms with Crippen molar-refractivity contribution in [3.05, 3.63) is 57.8 Å². The summed E-state index contributed by atoms with van der Waals surface area (Å²) in [5, 5.41) is 10.7. The van der Waals surface area contributed by atoms with E-state index in [2.05, 4.69) is 21.8 Å². The average Bonchev–Trinajstić information content (AvgIpc) is 2.66. The van der Waals surface area contributed by atoms with E-state index in [1.54, 1.807) is 23.9 Å². The van der Waals surface area contributed by atoms with Crippen molar-refractivity contribution in [2.45, 2.75) is 19.5 Å². The van der Waals surface area contributed by atoms with Gasteiger partial charge < -0.3 is 19.3 Å². The fourth-order valence-corrected chi connectivity index (χ4v) is 3.62. The molecule has 1 aliphatic rings. The zero-order valence-corrected chi connectivity index (χ0v) is 16.3. The minimum atomic E-state index is -0.373. The average molecular weight is 372 g/mol. The van der Waals surface area contributed by atoms with Gasteiger partial charge in [-0.1, -0.05) is 6.07 Å². The molecule has 1 aliphatic heterocycles. The monoisotopic (exact) mass is 372 g/mol. The summed E-state index contributed by atoms with van der Waals surface area (Å²) >= 11 is 0. The van der Waals surface area contributed by atoms with E-state index in [0.29, 0.717) is 18.7 Å². The summed E-state index contributed by atoms with van der Waals surface area (Å²) in [6.45, 7) is 6.15. The Morgan fingerprint density at radius 3 is 2.63 bits per heavy atom. The molecular formula is C20H28N4O3. The van der Waals surface area contributed by atoms with Crippen LogP contribution in [0, 0.1) is 6.92 Å². The SMILES string of the molecule is COCCn1c(C)cc(O)c([C@H](c2ccccn2)N2CCN(C)CC2)c1=O. The molecule has 0 unspecified atom stereocenters. The van der Waals surface area contributed by atoms with Crippen molar-refractivity contribution in [1.82, 2.24) is 19.4 Å². The van der Waals surface area contributed by atoms with E-state index in [9.17, 15) is 9.90 Å². The minimum absolute atomic E-state index is 0.0285. The predicted molar refractivity (Wildman–Crippen MR) is 104 cm³/mol. The lowest BCUT2D eigenvalue weighted by molar-refractivity contribution is 0.123. The van der Waals surface area contributed by atoms with Crippen LogP contribution in [0.25, 0.3) is 0 Å². The van der Waals surface area contributed by atoms with Crippen molar-refractivity contribution in [1.29, 1.82) is 0 Å². The zero-order valence-electron chi connectivity index (χ0n) is 16.3. The highest BCUT2D eigenvalue weighted by molar-refractivity contribution is 5.39. The molecule has 3 rings (SSSR count). The molecule has 0 aliphatic carbocycles. The van der Waals surface area contributed by atoms with Crippen LogP contribution in [0.15, 0.2) is 35.3 Å². The number of ether oxygens (including phenoxy) is 1. The number of hydrogen-bond donors (Lipinski definition) is 1. The van der Waals surface area contributed by atoms with Crippen molar-refractivity contribution >= 4 is 0 Å². The van der Waals surface area contributed by atoms with Gasteiger partial charge in [0.25, 0.3) is 5.56 Å². The molecule has 7 nitrogen and oxygen atoms in total. The molecule has 27 heavy (non-hydrogen) atoms. The highest BCUT2D eigenvalue weighted by atomic mass is 16.5. The summed E-state index contributed by atoms with van der Waals surface area (Å²) in [6.07, 6.45) is 1.73. The molecule has 1 N–H and O–H groups in total. The molecule has 0 spiro atoms. The molecule has 1 fully saturated rings. The second-order valence-electron chi connectivity index (χ2n) is 7.03. The van der Waals surface area contributed by atoms with Crippen molar-refractivity contribution in [2.75, 3.05) is 46.9 Å². The molecule has 0 bridgehead atoms. The first-order valence-electron chi connectivity index (χ1n) is 9.28. The third-order valence-electron chi connectivity index (χ3n) is 5.19. The highest BCUT2D eigenvalue weighted by Gasteiger charge is 2.31. The molecule has 2 aromatic rings. The Balaban J connectivity index is 2.11. The van der Waals surface area contributed by atoms with Crippen LogP contribution in [0.3, 0.4) is 0 Å². The Kier molecular flexibility index (Phi) is 6.26. The molecule has 0 aromatic carbocycles. The van der Waals surface area contributed by atoms with E-state index < -0.39 is 0 Å². The van der Waals surface area contributed by atoms with Gasteiger partial charge in [0.15, 0.2) is 0 Å². The van der Waals surface area contributed by atoms with Gasteiger partial charge in [-0.05, 0) is 32.2 Å². The fraction of sp³-hybridized carbons (Fsp3) is 0.500. The van der Waals surface area contributed by atoms with Gasteiger partial charge in [-0.2, -0.15) is 0 Å². The van der Waals surface area contributed by atoms with Crippen molar-refractivity contribution in [3.8, 4) is 5.75 Å². The van der Waals surface area contributed by atoms with Crippen LogP contribution < -0.4 is 5.56 Å². The number of pyridine rings is 2. The largest absolute Gasteiger partial charge is 0.507 e. The number of nitrogens with zero attached hydrogens (tertiary/aromatic N) is 4. The first-order chi connectivity index (χ1) is 13.0. The third-order valence-corrected chi connectivity index (χ3v) is 5.19. The van der Waals surface area contributed by atoms with Gasteiger partial charge >= 0.3 is 0 Å². The van der Waals surface area contributed by atoms with Crippen LogP contribution in [0.4, 0.5) is 0 Å². The normalized spacial score (nSPS) is 17.1. The Bertz CT molecular complexity index is 814.